The van der Waals surface area contributed by atoms with Crippen LogP contribution in [0.4, 0.5) is 5.69 Å². The normalized spacial score (nSPS) is 24.8. The summed E-state index contributed by atoms with van der Waals surface area (Å²) in [6, 6.07) is 6.28. The number of imide groups is 1. The molecule has 2 heterocycles. The molecule has 0 aromatic heterocycles. The average Bonchev–Trinajstić information content (AvgIpc) is 2.90. The van der Waals surface area contributed by atoms with Crippen LogP contribution in [0, 0.1) is 0 Å². The van der Waals surface area contributed by atoms with E-state index < -0.39 is 6.04 Å². The predicted octanol–water partition coefficient (Wildman–Crippen LogP) is 1.76. The molecule has 1 N–H and O–H groups in total. The Morgan fingerprint density at radius 1 is 1.20 bits per heavy atom. The van der Waals surface area contributed by atoms with Gasteiger partial charge in [-0.2, -0.15) is 0 Å². The van der Waals surface area contributed by atoms with Gasteiger partial charge in [-0.05, 0) is 57.0 Å². The molecule has 0 radical (unpaired) electrons. The Hall–Kier alpha value is -2.05. The van der Waals surface area contributed by atoms with Crippen molar-refractivity contribution in [2.45, 2.75) is 51.1 Å². The van der Waals surface area contributed by atoms with Crippen LogP contribution in [-0.2, 0) is 9.59 Å². The molecule has 6 nitrogen and oxygen atoms in total. The van der Waals surface area contributed by atoms with Gasteiger partial charge < -0.3 is 5.11 Å². The van der Waals surface area contributed by atoms with Crippen LogP contribution in [0.25, 0.3) is 0 Å². The van der Waals surface area contributed by atoms with Crippen molar-refractivity contribution in [3.8, 4) is 0 Å². The number of carbonyl (C=O) groups excluding carboxylic acids is 3. The maximum absolute atomic E-state index is 12.9. The van der Waals surface area contributed by atoms with Gasteiger partial charge in [0.1, 0.15) is 0 Å². The van der Waals surface area contributed by atoms with Gasteiger partial charge in [0.25, 0.3) is 5.91 Å². The summed E-state index contributed by atoms with van der Waals surface area (Å²) in [6.07, 6.45) is 3.85. The van der Waals surface area contributed by atoms with Crippen molar-refractivity contribution in [3.63, 3.8) is 0 Å². The molecule has 0 spiro atoms. The van der Waals surface area contributed by atoms with Gasteiger partial charge >= 0.3 is 0 Å². The highest BCUT2D eigenvalue weighted by Crippen LogP contribution is 2.30. The molecule has 0 aliphatic carbocycles. The van der Waals surface area contributed by atoms with E-state index in [1.54, 1.807) is 24.3 Å². The number of hydrogen-bond donors (Lipinski definition) is 1. The van der Waals surface area contributed by atoms with E-state index in [-0.39, 0.29) is 36.7 Å². The molecular formula is C19H24N2O4. The number of rotatable bonds is 5. The van der Waals surface area contributed by atoms with Crippen LogP contribution < -0.4 is 4.90 Å². The lowest BCUT2D eigenvalue weighted by Gasteiger charge is -2.38. The van der Waals surface area contributed by atoms with Crippen molar-refractivity contribution in [1.29, 1.82) is 0 Å². The first-order valence-corrected chi connectivity index (χ1v) is 8.87. The van der Waals surface area contributed by atoms with E-state index in [9.17, 15) is 19.5 Å². The molecule has 2 aliphatic heterocycles. The van der Waals surface area contributed by atoms with Gasteiger partial charge in [-0.25, -0.2) is 4.90 Å². The van der Waals surface area contributed by atoms with Crippen LogP contribution in [0.15, 0.2) is 24.3 Å². The van der Waals surface area contributed by atoms with Crippen LogP contribution >= 0.6 is 0 Å². The topological polar surface area (TPSA) is 77.9 Å². The molecule has 2 aliphatic rings. The van der Waals surface area contributed by atoms with Gasteiger partial charge in [0, 0.05) is 18.2 Å². The quantitative estimate of drug-likeness (QED) is 0.650. The minimum absolute atomic E-state index is 0.0522. The smallest absolute Gasteiger partial charge is 0.251 e. The van der Waals surface area contributed by atoms with Gasteiger partial charge in [0.2, 0.25) is 5.91 Å². The molecule has 1 aromatic carbocycles. The highest BCUT2D eigenvalue weighted by molar-refractivity contribution is 6.22. The number of ketones is 1. The fraction of sp³-hybridized carbons (Fsp3) is 0.526. The van der Waals surface area contributed by atoms with Crippen LogP contribution in [0.1, 0.15) is 49.4 Å². The number of aliphatic hydroxyl groups is 1. The summed E-state index contributed by atoms with van der Waals surface area (Å²) in [5, 5.41) is 9.28. The second kappa shape index (κ2) is 7.45. The Kier molecular flexibility index (Phi) is 5.30. The van der Waals surface area contributed by atoms with E-state index in [0.717, 1.165) is 25.8 Å². The van der Waals surface area contributed by atoms with Crippen molar-refractivity contribution in [3.05, 3.63) is 29.8 Å². The maximum atomic E-state index is 12.9. The van der Waals surface area contributed by atoms with Crippen LogP contribution in [0.2, 0.25) is 0 Å². The third-order valence-electron chi connectivity index (χ3n) is 5.19. The van der Waals surface area contributed by atoms with Crippen molar-refractivity contribution in [2.24, 2.45) is 0 Å². The minimum atomic E-state index is -0.447. The lowest BCUT2D eigenvalue weighted by molar-refractivity contribution is -0.123. The number of Topliss-reactive ketones (excluding diaryl/α,β-unsaturated/α-hetero) is 1. The van der Waals surface area contributed by atoms with Crippen LogP contribution in [-0.4, -0.2) is 52.8 Å². The van der Waals surface area contributed by atoms with E-state index >= 15 is 0 Å². The zero-order valence-corrected chi connectivity index (χ0v) is 14.5. The van der Waals surface area contributed by atoms with E-state index in [0.29, 0.717) is 17.7 Å². The molecule has 2 atom stereocenters. The highest BCUT2D eigenvalue weighted by Gasteiger charge is 2.44. The molecule has 0 bridgehead atoms. The summed E-state index contributed by atoms with van der Waals surface area (Å²) in [4.78, 5) is 40.1. The first-order chi connectivity index (χ1) is 12.0. The lowest BCUT2D eigenvalue weighted by atomic mass is 9.97. The van der Waals surface area contributed by atoms with Crippen molar-refractivity contribution in [1.82, 2.24) is 4.90 Å². The molecule has 25 heavy (non-hydrogen) atoms. The van der Waals surface area contributed by atoms with Gasteiger partial charge in [-0.15, -0.1) is 0 Å². The molecular weight excluding hydrogens is 320 g/mol. The Morgan fingerprint density at radius 2 is 1.92 bits per heavy atom. The first-order valence-electron chi connectivity index (χ1n) is 8.87. The summed E-state index contributed by atoms with van der Waals surface area (Å²) < 4.78 is 0. The molecule has 3 rings (SSSR count). The maximum Gasteiger partial charge on any atom is 0.251 e. The number of anilines is 1. The molecule has 2 fully saturated rings. The van der Waals surface area contributed by atoms with E-state index in [2.05, 4.69) is 4.90 Å². The molecule has 6 heteroatoms. The third kappa shape index (κ3) is 3.50. The fourth-order valence-electron chi connectivity index (χ4n) is 3.88. The first kappa shape index (κ1) is 17.8. The summed E-state index contributed by atoms with van der Waals surface area (Å²) in [5.74, 6) is -0.465. The second-order valence-corrected chi connectivity index (χ2v) is 6.79. The van der Waals surface area contributed by atoms with E-state index in [1.165, 1.54) is 11.8 Å². The van der Waals surface area contributed by atoms with Crippen molar-refractivity contribution >= 4 is 23.3 Å². The monoisotopic (exact) mass is 344 g/mol. The van der Waals surface area contributed by atoms with Crippen molar-refractivity contribution in [2.75, 3.05) is 18.1 Å². The van der Waals surface area contributed by atoms with Gasteiger partial charge in [0.05, 0.1) is 18.2 Å². The fourth-order valence-corrected chi connectivity index (χ4v) is 3.88. The summed E-state index contributed by atoms with van der Waals surface area (Å²) in [6.45, 7) is 2.35. The molecule has 2 amide bonds. The summed E-state index contributed by atoms with van der Waals surface area (Å²) >= 11 is 0. The summed E-state index contributed by atoms with van der Waals surface area (Å²) in [7, 11) is 0. The zero-order valence-electron chi connectivity index (χ0n) is 14.5. The molecule has 2 saturated heterocycles. The Balaban J connectivity index is 1.80. The number of nitrogens with zero attached hydrogens (tertiary/aromatic N) is 2. The Bertz CT molecular complexity index is 669. The van der Waals surface area contributed by atoms with Crippen LogP contribution in [0.3, 0.4) is 0 Å². The zero-order chi connectivity index (χ0) is 18.0. The Morgan fingerprint density at radius 3 is 2.56 bits per heavy atom. The largest absolute Gasteiger partial charge is 0.396 e. The van der Waals surface area contributed by atoms with E-state index in [4.69, 9.17) is 0 Å². The van der Waals surface area contributed by atoms with Gasteiger partial charge in [-0.3, -0.25) is 19.3 Å². The lowest BCUT2D eigenvalue weighted by Crippen LogP contribution is -2.50. The third-order valence-corrected chi connectivity index (χ3v) is 5.19. The molecule has 0 saturated carbocycles. The number of aliphatic hydroxyl groups excluding tert-OH is 1. The summed E-state index contributed by atoms with van der Waals surface area (Å²) in [5.41, 5.74) is 1.07. The number of carbonyl (C=O) groups is 3. The highest BCUT2D eigenvalue weighted by atomic mass is 16.3. The minimum Gasteiger partial charge on any atom is -0.396 e. The number of piperidine rings is 1. The van der Waals surface area contributed by atoms with Gasteiger partial charge in [-0.1, -0.05) is 6.42 Å². The standard InChI is InChI=1S/C19H24N2O4/c1-13(23)14-5-7-16(8-6-14)21-18(24)12-17(19(21)25)20-10-3-2-4-15(20)9-11-22/h5-8,15,17,22H,2-4,9-12H2,1H3/t15-,17+/m0/s1. The van der Waals surface area contributed by atoms with Gasteiger partial charge in [0.15, 0.2) is 5.78 Å². The predicted molar refractivity (Wildman–Crippen MR) is 93.4 cm³/mol. The van der Waals surface area contributed by atoms with Crippen molar-refractivity contribution < 1.29 is 19.5 Å². The number of hydrogen-bond acceptors (Lipinski definition) is 5. The molecule has 1 aromatic rings. The molecule has 134 valence electrons. The van der Waals surface area contributed by atoms with E-state index in [1.807, 2.05) is 0 Å². The average molecular weight is 344 g/mol. The number of benzene rings is 1. The molecule has 0 unspecified atom stereocenters. The SMILES string of the molecule is CC(=O)c1ccc(N2C(=O)C[C@@H](N3CCCC[C@H]3CCO)C2=O)cc1. The number of likely N-dealkylation sites (tertiary alicyclic amines) is 1. The second-order valence-electron chi connectivity index (χ2n) is 6.79. The Labute approximate surface area is 147 Å². The number of amides is 2. The van der Waals surface area contributed by atoms with Crippen LogP contribution in [0.5, 0.6) is 0 Å².